The van der Waals surface area contributed by atoms with Gasteiger partial charge < -0.3 is 65.8 Å². The lowest BCUT2D eigenvalue weighted by Crippen LogP contribution is -2.59. The molecule has 1 saturated heterocycles. The predicted molar refractivity (Wildman–Crippen MR) is 299 cm³/mol. The molecule has 0 radical (unpaired) electrons. The van der Waals surface area contributed by atoms with Crippen LogP contribution in [0.25, 0.3) is 11.3 Å². The third kappa shape index (κ3) is 17.4. The first-order valence-electron chi connectivity index (χ1n) is 27.6. The monoisotopic (exact) mass is 1140 g/mol. The van der Waals surface area contributed by atoms with Crippen LogP contribution in [0.5, 0.6) is 5.88 Å². The summed E-state index contributed by atoms with van der Waals surface area (Å²) in [7, 11) is 3.22. The Labute approximate surface area is 477 Å². The number of carbonyl (C=O) groups excluding carboxylic acids is 6. The summed E-state index contributed by atoms with van der Waals surface area (Å²) in [6.07, 6.45) is 1.46. The normalized spacial score (nSPS) is 17.2. The molecule has 2 aromatic heterocycles. The summed E-state index contributed by atoms with van der Waals surface area (Å²) in [5, 5.41) is 29.7. The summed E-state index contributed by atoms with van der Waals surface area (Å²) in [5.74, 6) is -2.78. The van der Waals surface area contributed by atoms with Crippen molar-refractivity contribution < 1.29 is 56.8 Å². The number of rotatable bonds is 27. The van der Waals surface area contributed by atoms with Crippen LogP contribution in [0.4, 0.5) is 10.2 Å². The number of likely N-dealkylation sites (tertiary alicyclic amines) is 1. The van der Waals surface area contributed by atoms with E-state index in [0.29, 0.717) is 17.7 Å². The van der Waals surface area contributed by atoms with E-state index in [-0.39, 0.29) is 162 Å². The third-order valence-electron chi connectivity index (χ3n) is 14.0. The van der Waals surface area contributed by atoms with Gasteiger partial charge in [0.15, 0.2) is 5.82 Å². The third-order valence-corrected chi connectivity index (χ3v) is 14.0. The van der Waals surface area contributed by atoms with E-state index in [0.717, 1.165) is 5.56 Å². The molecule has 82 heavy (non-hydrogen) atoms. The van der Waals surface area contributed by atoms with Crippen LogP contribution in [-0.2, 0) is 56.0 Å². The molecule has 25 heteroatoms. The molecule has 444 valence electrons. The number of nitrogen functional groups attached to an aromatic ring is 1. The van der Waals surface area contributed by atoms with Gasteiger partial charge in [0.1, 0.15) is 35.8 Å². The van der Waals surface area contributed by atoms with E-state index in [4.69, 9.17) is 29.4 Å². The van der Waals surface area contributed by atoms with Crippen molar-refractivity contribution in [1.82, 2.24) is 56.1 Å². The Morgan fingerprint density at radius 1 is 0.939 bits per heavy atom. The quantitative estimate of drug-likeness (QED) is 0.0467. The van der Waals surface area contributed by atoms with Gasteiger partial charge in [-0.15, -0.1) is 0 Å². The average Bonchev–Trinajstić information content (AvgIpc) is 4.26. The van der Waals surface area contributed by atoms with Gasteiger partial charge in [-0.25, -0.2) is 14.4 Å². The minimum Gasteiger partial charge on any atom is -0.467 e. The predicted octanol–water partition coefficient (Wildman–Crippen LogP) is 3.11. The number of anilines is 1. The van der Waals surface area contributed by atoms with Gasteiger partial charge in [-0.05, 0) is 62.9 Å². The van der Waals surface area contributed by atoms with E-state index >= 15 is 0 Å². The molecule has 6 amide bonds. The first-order chi connectivity index (χ1) is 39.2. The highest BCUT2D eigenvalue weighted by molar-refractivity contribution is 5.96. The summed E-state index contributed by atoms with van der Waals surface area (Å²) in [5.41, 5.74) is 7.83. The summed E-state index contributed by atoms with van der Waals surface area (Å²) < 4.78 is 44.2. The molecule has 0 spiro atoms. The van der Waals surface area contributed by atoms with Crippen LogP contribution in [0.3, 0.4) is 0 Å². The number of fused-ring (bicyclic) bond motifs is 5. The zero-order chi connectivity index (χ0) is 59.5. The van der Waals surface area contributed by atoms with Crippen molar-refractivity contribution in [3.8, 4) is 23.2 Å². The maximum Gasteiger partial charge on any atom is 0.258 e. The summed E-state index contributed by atoms with van der Waals surface area (Å²) in [4.78, 5) is 92.5. The molecule has 4 aromatic rings. The van der Waals surface area contributed by atoms with Crippen molar-refractivity contribution in [2.24, 2.45) is 5.41 Å². The maximum atomic E-state index is 14.4. The fourth-order valence-electron chi connectivity index (χ4n) is 9.35. The van der Waals surface area contributed by atoms with Crippen molar-refractivity contribution in [3.63, 3.8) is 0 Å². The van der Waals surface area contributed by atoms with Gasteiger partial charge in [0.2, 0.25) is 29.5 Å². The van der Waals surface area contributed by atoms with Gasteiger partial charge in [-0.2, -0.15) is 10.4 Å². The highest BCUT2D eigenvalue weighted by atomic mass is 19.1. The standard InChI is InChI=1S/C57H78FN13O11/c1-9-42(37-13-11-10-12-14-37)65-53(75)45-30-39(33-70(45)56(77)50(57(4,5)6)67-52(74)35(2)61-7)64-48(73)18-22-79-24-26-81-28-27-80-25-23-78-21-17-47(72)62-19-20-71-46(31-59)49-43-32-63-51(60)54(66-43)82-36(3)41-29-38(58)15-16-40(41)55(76)69(8)34-44(49)68-71/h10-16,29,32,35-36,39,42,45,50,61H,9,17-28,30,33-34H2,1-8H3,(H2,60,63)(H,62,72)(H,64,73)(H,65,75)(H,67,74)/t35-,36+,39-,42+,45-,50+/m0/s1. The molecular formula is C57H78FN13O11. The number of amides is 6. The van der Waals surface area contributed by atoms with Crippen LogP contribution in [0, 0.1) is 22.6 Å². The molecule has 2 aromatic carbocycles. The van der Waals surface area contributed by atoms with Crippen molar-refractivity contribution >= 4 is 41.3 Å². The Kier molecular flexibility index (Phi) is 23.6. The molecule has 4 heterocycles. The Morgan fingerprint density at radius 3 is 2.21 bits per heavy atom. The largest absolute Gasteiger partial charge is 0.467 e. The lowest BCUT2D eigenvalue weighted by molar-refractivity contribution is -0.144. The van der Waals surface area contributed by atoms with E-state index in [1.165, 1.54) is 38.9 Å². The van der Waals surface area contributed by atoms with Crippen molar-refractivity contribution in [2.75, 3.05) is 85.8 Å². The molecule has 24 nitrogen and oxygen atoms in total. The van der Waals surface area contributed by atoms with Crippen LogP contribution >= 0.6 is 0 Å². The second-order valence-corrected chi connectivity index (χ2v) is 21.1. The molecule has 6 rings (SSSR count). The zero-order valence-corrected chi connectivity index (χ0v) is 48.1. The lowest BCUT2D eigenvalue weighted by Gasteiger charge is -2.36. The molecular weight excluding hydrogens is 1060 g/mol. The number of halogens is 1. The van der Waals surface area contributed by atoms with Crippen LogP contribution in [0.1, 0.15) is 112 Å². The number of hydrogen-bond donors (Lipinski definition) is 6. The zero-order valence-electron chi connectivity index (χ0n) is 48.1. The molecule has 2 aliphatic rings. The highest BCUT2D eigenvalue weighted by Gasteiger charge is 2.46. The van der Waals surface area contributed by atoms with Crippen LogP contribution in [-0.4, -0.2) is 169 Å². The second-order valence-electron chi connectivity index (χ2n) is 21.1. The molecule has 2 aliphatic heterocycles. The number of nitrogens with one attached hydrogen (secondary N) is 5. The van der Waals surface area contributed by atoms with Gasteiger partial charge in [0.25, 0.3) is 11.8 Å². The number of likely N-dealkylation sites (N-methyl/N-ethyl adjacent to an activating group) is 1. The maximum absolute atomic E-state index is 14.4. The number of nitriles is 1. The van der Waals surface area contributed by atoms with E-state index in [9.17, 15) is 38.4 Å². The number of benzene rings is 2. The van der Waals surface area contributed by atoms with Crippen molar-refractivity contribution in [3.05, 3.63) is 88.6 Å². The van der Waals surface area contributed by atoms with E-state index in [1.54, 1.807) is 27.9 Å². The summed E-state index contributed by atoms with van der Waals surface area (Å²) in [6, 6.07) is 12.3. The van der Waals surface area contributed by atoms with Crippen LogP contribution in [0.15, 0.2) is 54.7 Å². The van der Waals surface area contributed by atoms with Crippen molar-refractivity contribution in [1.29, 1.82) is 5.26 Å². The average molecular weight is 1140 g/mol. The van der Waals surface area contributed by atoms with Crippen LogP contribution in [0.2, 0.25) is 0 Å². The van der Waals surface area contributed by atoms with Crippen LogP contribution < -0.4 is 37.1 Å². The highest BCUT2D eigenvalue weighted by Crippen LogP contribution is 2.34. The van der Waals surface area contributed by atoms with Gasteiger partial charge >= 0.3 is 0 Å². The topological polar surface area (TPSA) is 309 Å². The van der Waals surface area contributed by atoms with Gasteiger partial charge in [0.05, 0.1) is 101 Å². The molecule has 2 bridgehead atoms. The molecule has 7 N–H and O–H groups in total. The van der Waals surface area contributed by atoms with Gasteiger partial charge in [-0.1, -0.05) is 58.0 Å². The molecule has 0 saturated carbocycles. The van der Waals surface area contributed by atoms with Gasteiger partial charge in [-0.3, -0.25) is 33.4 Å². The first-order valence-corrected chi connectivity index (χ1v) is 27.6. The number of nitrogens with zero attached hydrogens (tertiary/aromatic N) is 7. The number of aromatic nitrogens is 4. The smallest absolute Gasteiger partial charge is 0.258 e. The van der Waals surface area contributed by atoms with Gasteiger partial charge in [0, 0.05) is 50.1 Å². The first kappa shape index (κ1) is 63.6. The molecule has 1 fully saturated rings. The fourth-order valence-corrected chi connectivity index (χ4v) is 9.35. The number of nitrogens with two attached hydrogens (primary N) is 1. The summed E-state index contributed by atoms with van der Waals surface area (Å²) in [6.45, 7) is 12.9. The molecule has 0 unspecified atom stereocenters. The second kappa shape index (κ2) is 30.4. The Balaban J connectivity index is 0.860. The Morgan fingerprint density at radius 2 is 1.59 bits per heavy atom. The molecule has 6 atom stereocenters. The van der Waals surface area contributed by atoms with Crippen molar-refractivity contribution in [2.45, 2.75) is 117 Å². The minimum atomic E-state index is -0.940. The molecule has 0 aliphatic carbocycles. The van der Waals surface area contributed by atoms with E-state index in [2.05, 4.69) is 47.7 Å². The SMILES string of the molecule is CC[C@@H](NC(=O)[C@@H]1C[C@H](NC(=O)CCOCCOCCOCCOCCC(=O)NCCn2nc3c(c2C#N)-c2cnc(N)c(n2)O[C@H](C)c2cc(F)ccc2C(=O)N(C)C3)CN1C(=O)[C@@H](NC(=O)[C@H](C)NC)C(C)(C)C)c1ccccc1. The van der Waals surface area contributed by atoms with E-state index < -0.39 is 53.3 Å². The fraction of sp³-hybridized carbons (Fsp3) is 0.544. The Bertz CT molecular complexity index is 2880. The number of carbonyl (C=O) groups is 6. The van der Waals surface area contributed by atoms with E-state index in [1.807, 2.05) is 58.0 Å². The number of ether oxygens (including phenoxy) is 5. The minimum absolute atomic E-state index is 0.0400. The summed E-state index contributed by atoms with van der Waals surface area (Å²) >= 11 is 0. The lowest BCUT2D eigenvalue weighted by atomic mass is 9.85. The Hall–Kier alpha value is -7.63. The number of hydrogen-bond acceptors (Lipinski definition) is 17.